The molecule has 3 aromatic rings. The smallest absolute Gasteiger partial charge is 0.256 e. The van der Waals surface area contributed by atoms with Gasteiger partial charge in [0.1, 0.15) is 0 Å². The first-order valence-corrected chi connectivity index (χ1v) is 12.0. The number of H-pyrrole nitrogens is 1. The van der Waals surface area contributed by atoms with Crippen LogP contribution in [0.25, 0.3) is 22.8 Å². The monoisotopic (exact) mass is 472 g/mol. The largest absolute Gasteiger partial charge is 0.392 e. The molecule has 1 aliphatic heterocycles. The van der Waals surface area contributed by atoms with Gasteiger partial charge in [0, 0.05) is 41.3 Å². The third-order valence-corrected chi connectivity index (χ3v) is 6.45. The molecular weight excluding hydrogens is 440 g/mol. The third kappa shape index (κ3) is 5.06. The molecule has 182 valence electrons. The molecule has 1 aliphatic rings. The van der Waals surface area contributed by atoms with E-state index in [2.05, 4.69) is 34.4 Å². The number of hydrogen-bond donors (Lipinski definition) is 4. The first kappa shape index (κ1) is 24.4. The number of aliphatic hydroxyl groups excluding tert-OH is 1. The van der Waals surface area contributed by atoms with E-state index in [0.717, 1.165) is 42.0 Å². The molecular formula is C28H32N4O3. The zero-order chi connectivity index (χ0) is 24.9. The molecule has 0 atom stereocenters. The van der Waals surface area contributed by atoms with Gasteiger partial charge < -0.3 is 25.6 Å². The molecule has 7 heteroatoms. The van der Waals surface area contributed by atoms with Gasteiger partial charge >= 0.3 is 0 Å². The molecule has 1 aromatic heterocycles. The van der Waals surface area contributed by atoms with Crippen molar-refractivity contribution in [2.45, 2.75) is 27.4 Å². The number of amides is 2. The van der Waals surface area contributed by atoms with E-state index in [9.17, 15) is 14.7 Å². The molecule has 2 aromatic carbocycles. The Bertz CT molecular complexity index is 1270. The lowest BCUT2D eigenvalue weighted by molar-refractivity contribution is -0.110. The highest BCUT2D eigenvalue weighted by atomic mass is 16.3. The van der Waals surface area contributed by atoms with E-state index in [1.54, 1.807) is 0 Å². The molecule has 0 aliphatic carbocycles. The van der Waals surface area contributed by atoms with Gasteiger partial charge in [-0.3, -0.25) is 9.59 Å². The van der Waals surface area contributed by atoms with Crippen molar-refractivity contribution in [3.8, 4) is 11.1 Å². The number of carbonyl (C=O) groups excluding carboxylic acids is 2. The number of rotatable bonds is 9. The maximum atomic E-state index is 13.4. The van der Waals surface area contributed by atoms with Crippen LogP contribution in [0.1, 0.15) is 46.7 Å². The number of fused-ring (bicyclic) bond motifs is 1. The number of nitrogens with zero attached hydrogens (tertiary/aromatic N) is 1. The van der Waals surface area contributed by atoms with Gasteiger partial charge in [-0.1, -0.05) is 50.2 Å². The quantitative estimate of drug-likeness (QED) is 0.353. The lowest BCUT2D eigenvalue weighted by atomic mass is 9.96. The number of aryl methyl sites for hydroxylation is 1. The number of nitrogens with one attached hydrogen (secondary N) is 3. The van der Waals surface area contributed by atoms with E-state index >= 15 is 0 Å². The first-order valence-electron chi connectivity index (χ1n) is 12.0. The number of anilines is 1. The van der Waals surface area contributed by atoms with E-state index in [1.807, 2.05) is 61.5 Å². The van der Waals surface area contributed by atoms with Crippen LogP contribution in [0, 0.1) is 6.92 Å². The van der Waals surface area contributed by atoms with Gasteiger partial charge in [-0.25, -0.2) is 0 Å². The van der Waals surface area contributed by atoms with Crippen LogP contribution in [-0.4, -0.2) is 53.0 Å². The van der Waals surface area contributed by atoms with Crippen molar-refractivity contribution in [2.24, 2.45) is 0 Å². The first-order chi connectivity index (χ1) is 17.0. The van der Waals surface area contributed by atoms with Crippen LogP contribution in [0.4, 0.5) is 5.69 Å². The van der Waals surface area contributed by atoms with E-state index in [1.165, 1.54) is 0 Å². The molecule has 4 rings (SSSR count). The number of likely N-dealkylation sites (N-methyl/N-ethyl adjacent to an activating group) is 1. The third-order valence-electron chi connectivity index (χ3n) is 6.45. The summed E-state index contributed by atoms with van der Waals surface area (Å²) in [7, 11) is 0. The van der Waals surface area contributed by atoms with Crippen LogP contribution in [-0.2, 0) is 11.4 Å². The Kier molecular flexibility index (Phi) is 7.48. The van der Waals surface area contributed by atoms with Gasteiger partial charge in [0.25, 0.3) is 11.8 Å². The van der Waals surface area contributed by atoms with Gasteiger partial charge in [0.15, 0.2) is 0 Å². The molecule has 0 fully saturated rings. The van der Waals surface area contributed by atoms with Crippen molar-refractivity contribution in [1.82, 2.24) is 15.2 Å². The molecule has 0 radical (unpaired) electrons. The minimum atomic E-state index is -0.182. The second-order valence-electron chi connectivity index (χ2n) is 8.61. The summed E-state index contributed by atoms with van der Waals surface area (Å²) < 4.78 is 0. The zero-order valence-electron chi connectivity index (χ0n) is 20.4. The molecule has 0 saturated carbocycles. The Morgan fingerprint density at radius 3 is 2.63 bits per heavy atom. The standard InChI is InChI=1S/C28H32N4O3/c1-4-32(5-2)14-13-29-28(35)25-18(3)30-24(26(25)20-10-8-9-19(15-20)17-33)16-22-21-11-6-7-12-23(21)31-27(22)34/h6-12,15-16,30,33H,4-5,13-14,17H2,1-3H3,(H,29,35)(H,31,34). The maximum Gasteiger partial charge on any atom is 0.256 e. The molecule has 0 bridgehead atoms. The lowest BCUT2D eigenvalue weighted by Crippen LogP contribution is -2.35. The second kappa shape index (κ2) is 10.7. The average Bonchev–Trinajstić information content (AvgIpc) is 3.37. The Labute approximate surface area is 205 Å². The molecule has 35 heavy (non-hydrogen) atoms. The predicted octanol–water partition coefficient (Wildman–Crippen LogP) is 4.05. The molecule has 0 unspecified atom stereocenters. The fourth-order valence-corrected chi connectivity index (χ4v) is 4.55. The summed E-state index contributed by atoms with van der Waals surface area (Å²) in [6.45, 7) is 9.12. The average molecular weight is 473 g/mol. The molecule has 0 spiro atoms. The Balaban J connectivity index is 1.78. The van der Waals surface area contributed by atoms with Crippen LogP contribution in [0.15, 0.2) is 48.5 Å². The summed E-state index contributed by atoms with van der Waals surface area (Å²) in [4.78, 5) is 31.7. The molecule has 4 N–H and O–H groups in total. The van der Waals surface area contributed by atoms with E-state index < -0.39 is 0 Å². The van der Waals surface area contributed by atoms with Crippen molar-refractivity contribution in [3.63, 3.8) is 0 Å². The Morgan fingerprint density at radius 2 is 1.89 bits per heavy atom. The Morgan fingerprint density at radius 1 is 1.11 bits per heavy atom. The maximum absolute atomic E-state index is 13.4. The number of aromatic nitrogens is 1. The highest BCUT2D eigenvalue weighted by Crippen LogP contribution is 2.37. The second-order valence-corrected chi connectivity index (χ2v) is 8.61. The van der Waals surface area contributed by atoms with Gasteiger partial charge in [-0.05, 0) is 49.3 Å². The van der Waals surface area contributed by atoms with Gasteiger partial charge in [-0.2, -0.15) is 0 Å². The molecule has 2 amide bonds. The number of carbonyl (C=O) groups is 2. The number of para-hydroxylation sites is 1. The van der Waals surface area contributed by atoms with Crippen molar-refractivity contribution in [1.29, 1.82) is 0 Å². The zero-order valence-corrected chi connectivity index (χ0v) is 20.4. The summed E-state index contributed by atoms with van der Waals surface area (Å²) in [5.41, 5.74) is 6.32. The van der Waals surface area contributed by atoms with Gasteiger partial charge in [-0.15, -0.1) is 0 Å². The topological polar surface area (TPSA) is 97.5 Å². The number of aliphatic hydroxyl groups is 1. The molecule has 0 saturated heterocycles. The van der Waals surface area contributed by atoms with Gasteiger partial charge in [0.05, 0.1) is 17.7 Å². The highest BCUT2D eigenvalue weighted by Gasteiger charge is 2.27. The summed E-state index contributed by atoms with van der Waals surface area (Å²) in [6.07, 6.45) is 1.81. The van der Waals surface area contributed by atoms with Crippen LogP contribution in [0.5, 0.6) is 0 Å². The van der Waals surface area contributed by atoms with Crippen molar-refractivity contribution < 1.29 is 14.7 Å². The highest BCUT2D eigenvalue weighted by molar-refractivity contribution is 6.35. The van der Waals surface area contributed by atoms with Crippen molar-refractivity contribution in [3.05, 3.63) is 76.6 Å². The van der Waals surface area contributed by atoms with E-state index in [-0.39, 0.29) is 18.4 Å². The van der Waals surface area contributed by atoms with E-state index in [4.69, 9.17) is 0 Å². The summed E-state index contributed by atoms with van der Waals surface area (Å²) in [5, 5.41) is 15.7. The normalized spacial score (nSPS) is 13.9. The number of aromatic amines is 1. The lowest BCUT2D eigenvalue weighted by Gasteiger charge is -2.18. The van der Waals surface area contributed by atoms with Crippen molar-refractivity contribution >= 4 is 29.2 Å². The predicted molar refractivity (Wildman–Crippen MR) is 140 cm³/mol. The number of benzene rings is 2. The van der Waals surface area contributed by atoms with Crippen LogP contribution in [0.3, 0.4) is 0 Å². The summed E-state index contributed by atoms with van der Waals surface area (Å²) in [6, 6.07) is 15.0. The number of hydrogen-bond acceptors (Lipinski definition) is 4. The van der Waals surface area contributed by atoms with Crippen LogP contribution >= 0.6 is 0 Å². The summed E-state index contributed by atoms with van der Waals surface area (Å²) in [5.74, 6) is -0.352. The minimum absolute atomic E-state index is 0.102. The minimum Gasteiger partial charge on any atom is -0.392 e. The van der Waals surface area contributed by atoms with E-state index in [0.29, 0.717) is 34.6 Å². The van der Waals surface area contributed by atoms with Crippen LogP contribution in [0.2, 0.25) is 0 Å². The fraction of sp³-hybridized carbons (Fsp3) is 0.286. The SMILES string of the molecule is CCN(CC)CCNC(=O)c1c(C)[nH]c(C=C2C(=O)Nc3ccccc32)c1-c1cccc(CO)c1. The molecule has 2 heterocycles. The summed E-state index contributed by atoms with van der Waals surface area (Å²) >= 11 is 0. The fourth-order valence-electron chi connectivity index (χ4n) is 4.55. The van der Waals surface area contributed by atoms with Crippen molar-refractivity contribution in [2.75, 3.05) is 31.5 Å². The van der Waals surface area contributed by atoms with Gasteiger partial charge in [0.2, 0.25) is 0 Å². The molecule has 7 nitrogen and oxygen atoms in total. The Hall–Kier alpha value is -3.68. The van der Waals surface area contributed by atoms with Crippen LogP contribution < -0.4 is 10.6 Å².